The summed E-state index contributed by atoms with van der Waals surface area (Å²) >= 11 is 0. The van der Waals surface area contributed by atoms with Crippen molar-refractivity contribution < 1.29 is 4.74 Å². The van der Waals surface area contributed by atoms with Gasteiger partial charge < -0.3 is 14.2 Å². The van der Waals surface area contributed by atoms with Crippen LogP contribution in [0.25, 0.3) is 70.9 Å². The van der Waals surface area contributed by atoms with Gasteiger partial charge in [-0.15, -0.1) is 0 Å². The smallest absolute Gasteiger partial charge is 0.159 e. The molecule has 10 aromatic rings. The van der Waals surface area contributed by atoms with Gasteiger partial charge in [0, 0.05) is 26.9 Å². The molecule has 0 saturated carbocycles. The Morgan fingerprint density at radius 2 is 0.902 bits per heavy atom. The Balaban J connectivity index is 1.12. The van der Waals surface area contributed by atoms with Crippen LogP contribution in [0.2, 0.25) is 0 Å². The van der Waals surface area contributed by atoms with Crippen LogP contribution in [0.15, 0.2) is 182 Å². The average Bonchev–Trinajstić information content (AvgIpc) is 3.53. The molecule has 0 N–H and O–H groups in total. The number of aromatic nitrogens is 1. The largest absolute Gasteiger partial charge is 0.452 e. The number of hydrogen-bond donors (Lipinski definition) is 0. The second kappa shape index (κ2) is 10.8. The molecule has 0 unspecified atom stereocenters. The van der Waals surface area contributed by atoms with Crippen LogP contribution in [0, 0.1) is 0 Å². The van der Waals surface area contributed by atoms with Gasteiger partial charge in [-0.25, -0.2) is 0 Å². The van der Waals surface area contributed by atoms with E-state index in [9.17, 15) is 0 Å². The zero-order valence-corrected chi connectivity index (χ0v) is 27.6. The van der Waals surface area contributed by atoms with Crippen LogP contribution < -0.4 is 9.64 Å². The molecule has 0 radical (unpaired) electrons. The molecule has 0 fully saturated rings. The van der Waals surface area contributed by atoms with E-state index in [2.05, 4.69) is 191 Å². The van der Waals surface area contributed by atoms with E-state index in [0.717, 1.165) is 50.5 Å². The predicted molar refractivity (Wildman–Crippen MR) is 213 cm³/mol. The molecule has 2 heterocycles. The second-order valence-corrected chi connectivity index (χ2v) is 13.3. The molecule has 0 bridgehead atoms. The second-order valence-electron chi connectivity index (χ2n) is 13.3. The lowest BCUT2D eigenvalue weighted by atomic mass is 9.99. The lowest BCUT2D eigenvalue weighted by Crippen LogP contribution is -2.16. The van der Waals surface area contributed by atoms with Crippen LogP contribution in [-0.4, -0.2) is 4.57 Å². The molecule has 0 amide bonds. The predicted octanol–water partition coefficient (Wildman–Crippen LogP) is 13.5. The van der Waals surface area contributed by atoms with Crippen LogP contribution >= 0.6 is 0 Å². The molecule has 3 nitrogen and oxygen atoms in total. The number of fused-ring (bicyclic) bond motifs is 9. The van der Waals surface area contributed by atoms with Gasteiger partial charge in [-0.1, -0.05) is 133 Å². The highest BCUT2D eigenvalue weighted by Gasteiger charge is 2.29. The third-order valence-electron chi connectivity index (χ3n) is 10.5. The van der Waals surface area contributed by atoms with Crippen molar-refractivity contribution in [2.75, 3.05) is 4.90 Å². The minimum atomic E-state index is 0.837. The third-order valence-corrected chi connectivity index (χ3v) is 10.5. The Morgan fingerprint density at radius 3 is 1.69 bits per heavy atom. The molecule has 0 atom stereocenters. The molecular formula is C48H30N2O. The standard InChI is InChI=1S/C48H30N2O/c1-4-16-36-31(11-1)14-9-21-41(36)49-43-20-8-7-19-39(43)40-29-34(24-26-44(40)49)35-25-28-47-46(30-35)50(42-22-10-15-32-12-2-5-17-37(32)42)45-27-23-33-13-3-6-18-38(33)48(45)51-47/h1-30H. The number of para-hydroxylation sites is 1. The molecular weight excluding hydrogens is 621 g/mol. The lowest BCUT2D eigenvalue weighted by Gasteiger charge is -2.34. The summed E-state index contributed by atoms with van der Waals surface area (Å²) in [5.74, 6) is 1.72. The van der Waals surface area contributed by atoms with E-state index in [0.29, 0.717) is 0 Å². The molecule has 3 heteroatoms. The molecule has 1 aliphatic heterocycles. The van der Waals surface area contributed by atoms with Gasteiger partial charge in [0.2, 0.25) is 0 Å². The highest BCUT2D eigenvalue weighted by Crippen LogP contribution is 2.54. The SMILES string of the molecule is c1ccc2c(N3c4cc(-c5ccc6c(c5)c5ccccc5n6-c5cccc6ccccc56)ccc4Oc4c3ccc3ccccc43)cccc2c1. The first kappa shape index (κ1) is 28.0. The Hall–Kier alpha value is -6.84. The maximum absolute atomic E-state index is 6.82. The number of ether oxygens (including phenoxy) is 1. The molecule has 9 aromatic carbocycles. The Labute approximate surface area is 294 Å². The van der Waals surface area contributed by atoms with Gasteiger partial charge in [0.25, 0.3) is 0 Å². The van der Waals surface area contributed by atoms with Crippen molar-refractivity contribution in [2.24, 2.45) is 0 Å². The van der Waals surface area contributed by atoms with Crippen molar-refractivity contribution in [3.63, 3.8) is 0 Å². The van der Waals surface area contributed by atoms with E-state index in [-0.39, 0.29) is 0 Å². The number of hydrogen-bond acceptors (Lipinski definition) is 2. The topological polar surface area (TPSA) is 17.4 Å². The van der Waals surface area contributed by atoms with E-state index >= 15 is 0 Å². The van der Waals surface area contributed by atoms with Crippen molar-refractivity contribution in [3.8, 4) is 28.3 Å². The number of anilines is 3. The fourth-order valence-corrected chi connectivity index (χ4v) is 8.19. The minimum Gasteiger partial charge on any atom is -0.452 e. The maximum Gasteiger partial charge on any atom is 0.159 e. The van der Waals surface area contributed by atoms with E-state index in [1.54, 1.807) is 0 Å². The van der Waals surface area contributed by atoms with Crippen LogP contribution in [0.3, 0.4) is 0 Å². The van der Waals surface area contributed by atoms with E-state index in [4.69, 9.17) is 4.74 Å². The lowest BCUT2D eigenvalue weighted by molar-refractivity contribution is 0.483. The molecule has 0 spiro atoms. The quantitative estimate of drug-likeness (QED) is 0.189. The molecule has 0 aliphatic carbocycles. The molecule has 11 rings (SSSR count). The van der Waals surface area contributed by atoms with Crippen molar-refractivity contribution in [1.29, 1.82) is 0 Å². The Morgan fingerprint density at radius 1 is 0.333 bits per heavy atom. The summed E-state index contributed by atoms with van der Waals surface area (Å²) in [4.78, 5) is 2.39. The first-order valence-corrected chi connectivity index (χ1v) is 17.4. The fraction of sp³-hybridized carbons (Fsp3) is 0. The minimum absolute atomic E-state index is 0.837. The van der Waals surface area contributed by atoms with Crippen LogP contribution in [-0.2, 0) is 0 Å². The first-order valence-electron chi connectivity index (χ1n) is 17.4. The van der Waals surface area contributed by atoms with Crippen LogP contribution in [0.5, 0.6) is 11.5 Å². The number of nitrogens with zero attached hydrogens (tertiary/aromatic N) is 2. The van der Waals surface area contributed by atoms with Crippen molar-refractivity contribution >= 4 is 71.2 Å². The summed E-state index contributed by atoms with van der Waals surface area (Å²) in [5, 5.41) is 9.60. The highest BCUT2D eigenvalue weighted by atomic mass is 16.5. The average molecular weight is 651 g/mol. The zero-order valence-electron chi connectivity index (χ0n) is 27.6. The number of rotatable bonds is 3. The van der Waals surface area contributed by atoms with Crippen molar-refractivity contribution in [3.05, 3.63) is 182 Å². The van der Waals surface area contributed by atoms with Gasteiger partial charge >= 0.3 is 0 Å². The van der Waals surface area contributed by atoms with Crippen LogP contribution in [0.1, 0.15) is 0 Å². The fourth-order valence-electron chi connectivity index (χ4n) is 8.19. The van der Waals surface area contributed by atoms with Gasteiger partial charge in [0.1, 0.15) is 0 Å². The van der Waals surface area contributed by atoms with E-state index < -0.39 is 0 Å². The third kappa shape index (κ3) is 4.19. The molecule has 1 aromatic heterocycles. The summed E-state index contributed by atoms with van der Waals surface area (Å²) < 4.78 is 9.23. The van der Waals surface area contributed by atoms with Crippen molar-refractivity contribution in [2.45, 2.75) is 0 Å². The summed E-state index contributed by atoms with van der Waals surface area (Å²) in [6.45, 7) is 0. The number of benzene rings is 9. The normalized spacial score (nSPS) is 12.4. The Kier molecular flexibility index (Phi) is 5.96. The summed E-state index contributed by atoms with van der Waals surface area (Å²) in [6.07, 6.45) is 0. The monoisotopic (exact) mass is 650 g/mol. The zero-order chi connectivity index (χ0) is 33.5. The maximum atomic E-state index is 6.82. The van der Waals surface area contributed by atoms with Gasteiger partial charge in [-0.3, -0.25) is 0 Å². The Bertz CT molecular complexity index is 3020. The van der Waals surface area contributed by atoms with Gasteiger partial charge in [0.05, 0.1) is 33.8 Å². The highest BCUT2D eigenvalue weighted by molar-refractivity contribution is 6.12. The molecule has 1 aliphatic rings. The molecule has 0 saturated heterocycles. The van der Waals surface area contributed by atoms with Gasteiger partial charge in [-0.2, -0.15) is 0 Å². The molecule has 51 heavy (non-hydrogen) atoms. The van der Waals surface area contributed by atoms with Gasteiger partial charge in [0.15, 0.2) is 11.5 Å². The molecule has 238 valence electrons. The summed E-state index contributed by atoms with van der Waals surface area (Å²) in [7, 11) is 0. The van der Waals surface area contributed by atoms with E-state index in [1.165, 1.54) is 49.0 Å². The summed E-state index contributed by atoms with van der Waals surface area (Å²) in [5.41, 5.74) is 9.05. The van der Waals surface area contributed by atoms with Gasteiger partial charge in [-0.05, 0) is 75.8 Å². The summed E-state index contributed by atoms with van der Waals surface area (Å²) in [6, 6.07) is 65.5. The first-order chi connectivity index (χ1) is 25.3. The van der Waals surface area contributed by atoms with E-state index in [1.807, 2.05) is 0 Å². The van der Waals surface area contributed by atoms with Crippen LogP contribution in [0.4, 0.5) is 17.1 Å². The van der Waals surface area contributed by atoms with Crippen molar-refractivity contribution in [1.82, 2.24) is 4.57 Å².